The number of halogens is 1. The lowest BCUT2D eigenvalue weighted by Gasteiger charge is -2.15. The van der Waals surface area contributed by atoms with Crippen molar-refractivity contribution in [2.45, 2.75) is 25.9 Å². The molecule has 0 fully saturated rings. The van der Waals surface area contributed by atoms with Crippen molar-refractivity contribution in [1.29, 1.82) is 0 Å². The van der Waals surface area contributed by atoms with Gasteiger partial charge < -0.3 is 15.0 Å². The van der Waals surface area contributed by atoms with Crippen molar-refractivity contribution in [3.8, 4) is 5.75 Å². The van der Waals surface area contributed by atoms with Gasteiger partial charge >= 0.3 is 0 Å². The van der Waals surface area contributed by atoms with Crippen LogP contribution >= 0.6 is 0 Å². The zero-order chi connectivity index (χ0) is 13.8. The molecular formula is C14H18FN3O. The third kappa shape index (κ3) is 2.93. The molecule has 0 aliphatic rings. The van der Waals surface area contributed by atoms with Crippen LogP contribution in [0.1, 0.15) is 24.4 Å². The highest BCUT2D eigenvalue weighted by Gasteiger charge is 2.12. The summed E-state index contributed by atoms with van der Waals surface area (Å²) < 4.78 is 20.5. The normalized spacial score (nSPS) is 12.4. The number of ether oxygens (including phenoxy) is 1. The van der Waals surface area contributed by atoms with Crippen molar-refractivity contribution in [1.82, 2.24) is 9.55 Å². The average Bonchev–Trinajstić information content (AvgIpc) is 2.85. The maximum Gasteiger partial charge on any atom is 0.165 e. The van der Waals surface area contributed by atoms with E-state index in [1.807, 2.05) is 17.7 Å². The van der Waals surface area contributed by atoms with Crippen LogP contribution in [0.5, 0.6) is 5.75 Å². The highest BCUT2D eigenvalue weighted by Crippen LogP contribution is 2.22. The van der Waals surface area contributed by atoms with Crippen LogP contribution in [0.15, 0.2) is 30.6 Å². The van der Waals surface area contributed by atoms with E-state index < -0.39 is 5.82 Å². The Morgan fingerprint density at radius 1 is 1.47 bits per heavy atom. The molecule has 1 heterocycles. The molecule has 0 saturated heterocycles. The molecule has 19 heavy (non-hydrogen) atoms. The van der Waals surface area contributed by atoms with Crippen LogP contribution in [0.2, 0.25) is 0 Å². The van der Waals surface area contributed by atoms with E-state index in [0.29, 0.717) is 6.54 Å². The fraction of sp³-hybridized carbons (Fsp3) is 0.357. The molecule has 0 aliphatic heterocycles. The van der Waals surface area contributed by atoms with E-state index in [1.165, 1.54) is 13.2 Å². The number of benzene rings is 1. The Hall–Kier alpha value is -1.88. The zero-order valence-corrected chi connectivity index (χ0v) is 11.1. The Labute approximate surface area is 112 Å². The first-order valence-corrected chi connectivity index (χ1v) is 6.24. The summed E-state index contributed by atoms with van der Waals surface area (Å²) >= 11 is 0. The van der Waals surface area contributed by atoms with Crippen molar-refractivity contribution in [2.75, 3.05) is 7.11 Å². The number of hydrogen-bond donors (Lipinski definition) is 1. The summed E-state index contributed by atoms with van der Waals surface area (Å²) in [5.41, 5.74) is 6.86. The first-order chi connectivity index (χ1) is 9.15. The summed E-state index contributed by atoms with van der Waals surface area (Å²) in [5.74, 6) is 0.814. The van der Waals surface area contributed by atoms with Gasteiger partial charge in [-0.05, 0) is 17.7 Å². The first kappa shape index (κ1) is 13.5. The minimum Gasteiger partial charge on any atom is -0.494 e. The van der Waals surface area contributed by atoms with Gasteiger partial charge in [-0.15, -0.1) is 0 Å². The Morgan fingerprint density at radius 2 is 2.26 bits per heavy atom. The minimum absolute atomic E-state index is 0.229. The molecule has 0 aliphatic carbocycles. The molecule has 1 atom stereocenters. The van der Waals surface area contributed by atoms with Gasteiger partial charge in [-0.3, -0.25) is 0 Å². The third-order valence-electron chi connectivity index (χ3n) is 3.12. The van der Waals surface area contributed by atoms with Crippen molar-refractivity contribution in [3.63, 3.8) is 0 Å². The smallest absolute Gasteiger partial charge is 0.165 e. The fourth-order valence-corrected chi connectivity index (χ4v) is 2.05. The number of methoxy groups -OCH3 is 1. The van der Waals surface area contributed by atoms with Crippen LogP contribution < -0.4 is 10.5 Å². The summed E-state index contributed by atoms with van der Waals surface area (Å²) in [5, 5.41) is 0. The van der Waals surface area contributed by atoms with E-state index in [4.69, 9.17) is 10.5 Å². The Balaban J connectivity index is 2.16. The maximum atomic E-state index is 13.6. The van der Waals surface area contributed by atoms with Crippen LogP contribution in [0.3, 0.4) is 0 Å². The van der Waals surface area contributed by atoms with Crippen molar-refractivity contribution < 1.29 is 9.13 Å². The molecule has 0 radical (unpaired) electrons. The lowest BCUT2D eigenvalue weighted by molar-refractivity contribution is 0.385. The average molecular weight is 263 g/mol. The molecule has 2 rings (SSSR count). The van der Waals surface area contributed by atoms with E-state index in [-0.39, 0.29) is 11.8 Å². The number of nitrogens with zero attached hydrogens (tertiary/aromatic N) is 2. The second kappa shape index (κ2) is 5.84. The van der Waals surface area contributed by atoms with Crippen molar-refractivity contribution in [2.24, 2.45) is 5.73 Å². The zero-order valence-electron chi connectivity index (χ0n) is 11.1. The molecule has 1 aromatic carbocycles. The van der Waals surface area contributed by atoms with Crippen LogP contribution in [0.4, 0.5) is 4.39 Å². The molecule has 102 valence electrons. The molecule has 5 heteroatoms. The van der Waals surface area contributed by atoms with Gasteiger partial charge in [0.25, 0.3) is 0 Å². The minimum atomic E-state index is -0.392. The largest absolute Gasteiger partial charge is 0.494 e. The molecule has 1 unspecified atom stereocenters. The Kier molecular flexibility index (Phi) is 4.16. The summed E-state index contributed by atoms with van der Waals surface area (Å²) in [6.07, 6.45) is 4.48. The van der Waals surface area contributed by atoms with Crippen LogP contribution in [0, 0.1) is 5.82 Å². The van der Waals surface area contributed by atoms with Crippen LogP contribution in [-0.4, -0.2) is 16.7 Å². The van der Waals surface area contributed by atoms with Gasteiger partial charge in [-0.2, -0.15) is 0 Å². The molecule has 0 spiro atoms. The van der Waals surface area contributed by atoms with E-state index in [2.05, 4.69) is 4.98 Å². The molecule has 2 N–H and O–H groups in total. The number of imidazole rings is 1. The van der Waals surface area contributed by atoms with Gasteiger partial charge in [-0.1, -0.05) is 13.0 Å². The predicted molar refractivity (Wildman–Crippen MR) is 71.5 cm³/mol. The van der Waals surface area contributed by atoms with E-state index in [9.17, 15) is 4.39 Å². The summed E-state index contributed by atoms with van der Waals surface area (Å²) in [4.78, 5) is 4.24. The second-order valence-corrected chi connectivity index (χ2v) is 4.35. The van der Waals surface area contributed by atoms with Crippen molar-refractivity contribution in [3.05, 3.63) is 47.8 Å². The molecule has 0 bridgehead atoms. The SMILES string of the molecule is CCc1nccn1CC(N)c1ccc(OC)c(F)c1. The van der Waals surface area contributed by atoms with Gasteiger partial charge in [0, 0.05) is 31.4 Å². The number of hydrogen-bond acceptors (Lipinski definition) is 3. The standard InChI is InChI=1S/C14H18FN3O/c1-3-14-17-6-7-18(14)9-12(16)10-4-5-13(19-2)11(15)8-10/h4-8,12H,3,9,16H2,1-2H3. The van der Waals surface area contributed by atoms with Gasteiger partial charge in [0.2, 0.25) is 0 Å². The van der Waals surface area contributed by atoms with Crippen LogP contribution in [-0.2, 0) is 13.0 Å². The van der Waals surface area contributed by atoms with Gasteiger partial charge in [0.15, 0.2) is 11.6 Å². The molecule has 2 aromatic rings. The number of aryl methyl sites for hydroxylation is 1. The highest BCUT2D eigenvalue weighted by molar-refractivity contribution is 5.30. The van der Waals surface area contributed by atoms with E-state index in [1.54, 1.807) is 18.3 Å². The molecule has 0 saturated carbocycles. The van der Waals surface area contributed by atoms with Crippen LogP contribution in [0.25, 0.3) is 0 Å². The third-order valence-corrected chi connectivity index (χ3v) is 3.12. The van der Waals surface area contributed by atoms with Gasteiger partial charge in [0.1, 0.15) is 5.82 Å². The summed E-state index contributed by atoms with van der Waals surface area (Å²) in [6.45, 7) is 2.62. The summed E-state index contributed by atoms with van der Waals surface area (Å²) in [7, 11) is 1.44. The van der Waals surface area contributed by atoms with Gasteiger partial charge in [0.05, 0.1) is 7.11 Å². The van der Waals surface area contributed by atoms with E-state index >= 15 is 0 Å². The molecule has 0 amide bonds. The van der Waals surface area contributed by atoms with E-state index in [0.717, 1.165) is 17.8 Å². The quantitative estimate of drug-likeness (QED) is 0.900. The maximum absolute atomic E-state index is 13.6. The Morgan fingerprint density at radius 3 is 2.89 bits per heavy atom. The van der Waals surface area contributed by atoms with Crippen molar-refractivity contribution >= 4 is 0 Å². The van der Waals surface area contributed by atoms with Gasteiger partial charge in [-0.25, -0.2) is 9.37 Å². The Bertz CT molecular complexity index is 553. The lowest BCUT2D eigenvalue weighted by Crippen LogP contribution is -2.18. The summed E-state index contributed by atoms with van der Waals surface area (Å²) in [6, 6.07) is 4.53. The monoisotopic (exact) mass is 263 g/mol. The number of nitrogens with two attached hydrogens (primary N) is 1. The fourth-order valence-electron chi connectivity index (χ4n) is 2.05. The highest BCUT2D eigenvalue weighted by atomic mass is 19.1. The predicted octanol–water partition coefficient (Wildman–Crippen LogP) is 2.29. The molecule has 1 aromatic heterocycles. The lowest BCUT2D eigenvalue weighted by atomic mass is 10.1. The topological polar surface area (TPSA) is 53.1 Å². The molecule has 4 nitrogen and oxygen atoms in total. The number of rotatable bonds is 5. The first-order valence-electron chi connectivity index (χ1n) is 6.24. The molecular weight excluding hydrogens is 245 g/mol. The second-order valence-electron chi connectivity index (χ2n) is 4.35. The number of aromatic nitrogens is 2.